The van der Waals surface area contributed by atoms with E-state index in [0.29, 0.717) is 19.3 Å². The molecule has 0 saturated heterocycles. The van der Waals surface area contributed by atoms with Crippen LogP contribution in [-0.2, 0) is 28.6 Å². The molecule has 0 N–H and O–H groups in total. The molecule has 0 aromatic heterocycles. The normalized spacial score (nSPS) is 12.5. The first-order valence-corrected chi connectivity index (χ1v) is 24.8. The van der Waals surface area contributed by atoms with Crippen molar-refractivity contribution in [2.45, 2.75) is 278 Å². The highest BCUT2D eigenvalue weighted by molar-refractivity contribution is 5.71. The Morgan fingerprint density at radius 2 is 0.679 bits per heavy atom. The number of hydrogen-bond donors (Lipinski definition) is 0. The van der Waals surface area contributed by atoms with Gasteiger partial charge in [-0.05, 0) is 31.1 Å². The van der Waals surface area contributed by atoms with Gasteiger partial charge in [-0.2, -0.15) is 0 Å². The minimum absolute atomic E-state index is 0.0645. The standard InChI is InChI=1S/C50H96O6/c1-6-8-9-10-11-18-27-32-37-42-50(53)56-47(44-55-49(52)41-36-31-26-22-21-23-28-33-38-45(3)4)43-54-48(51)40-35-30-25-20-17-15-13-12-14-16-19-24-29-34-39-46(5)7-2/h45-47H,6-44H2,1-5H3/t46?,47-/m0/s1. The molecule has 0 bridgehead atoms. The van der Waals surface area contributed by atoms with Gasteiger partial charge in [-0.25, -0.2) is 0 Å². The highest BCUT2D eigenvalue weighted by Crippen LogP contribution is 2.17. The van der Waals surface area contributed by atoms with E-state index in [1.54, 1.807) is 0 Å². The van der Waals surface area contributed by atoms with Gasteiger partial charge >= 0.3 is 17.9 Å². The molecule has 0 aliphatic rings. The van der Waals surface area contributed by atoms with Crippen LogP contribution in [0.5, 0.6) is 0 Å². The van der Waals surface area contributed by atoms with Crippen LogP contribution >= 0.6 is 0 Å². The maximum absolute atomic E-state index is 12.7. The molecule has 1 unspecified atom stereocenters. The van der Waals surface area contributed by atoms with E-state index in [1.807, 2.05) is 0 Å². The fraction of sp³-hybridized carbons (Fsp3) is 0.940. The summed E-state index contributed by atoms with van der Waals surface area (Å²) in [4.78, 5) is 37.8. The summed E-state index contributed by atoms with van der Waals surface area (Å²) in [5.74, 6) is 0.836. The molecule has 0 aliphatic carbocycles. The van der Waals surface area contributed by atoms with Gasteiger partial charge in [-0.3, -0.25) is 14.4 Å². The van der Waals surface area contributed by atoms with Crippen LogP contribution < -0.4 is 0 Å². The fourth-order valence-corrected chi connectivity index (χ4v) is 7.43. The summed E-state index contributed by atoms with van der Waals surface area (Å²) >= 11 is 0. The van der Waals surface area contributed by atoms with Crippen LogP contribution in [-0.4, -0.2) is 37.2 Å². The van der Waals surface area contributed by atoms with Crippen LogP contribution in [0.1, 0.15) is 272 Å². The number of carbonyl (C=O) groups is 3. The molecule has 0 heterocycles. The second kappa shape index (κ2) is 43.0. The highest BCUT2D eigenvalue weighted by atomic mass is 16.6. The largest absolute Gasteiger partial charge is 0.462 e. The molecule has 2 atom stereocenters. The zero-order valence-corrected chi connectivity index (χ0v) is 38.3. The Bertz CT molecular complexity index is 856. The Labute approximate surface area is 348 Å². The summed E-state index contributed by atoms with van der Waals surface area (Å²) in [5.41, 5.74) is 0. The minimum Gasteiger partial charge on any atom is -0.462 e. The van der Waals surface area contributed by atoms with Gasteiger partial charge in [0.25, 0.3) is 0 Å². The summed E-state index contributed by atoms with van der Waals surface area (Å²) < 4.78 is 16.7. The van der Waals surface area contributed by atoms with Crippen molar-refractivity contribution in [2.24, 2.45) is 11.8 Å². The third-order valence-electron chi connectivity index (χ3n) is 11.6. The van der Waals surface area contributed by atoms with E-state index < -0.39 is 6.10 Å². The second-order valence-corrected chi connectivity index (χ2v) is 17.8. The van der Waals surface area contributed by atoms with Crippen LogP contribution in [0.25, 0.3) is 0 Å². The van der Waals surface area contributed by atoms with Crippen molar-refractivity contribution in [3.63, 3.8) is 0 Å². The zero-order valence-electron chi connectivity index (χ0n) is 38.3. The average molecular weight is 793 g/mol. The van der Waals surface area contributed by atoms with Crippen LogP contribution in [0.15, 0.2) is 0 Å². The molecule has 0 amide bonds. The van der Waals surface area contributed by atoms with E-state index in [0.717, 1.165) is 69.6 Å². The van der Waals surface area contributed by atoms with Crippen LogP contribution in [0.3, 0.4) is 0 Å². The Morgan fingerprint density at radius 3 is 1.02 bits per heavy atom. The van der Waals surface area contributed by atoms with Gasteiger partial charge in [-0.1, -0.05) is 234 Å². The van der Waals surface area contributed by atoms with Crippen LogP contribution in [0, 0.1) is 11.8 Å². The van der Waals surface area contributed by atoms with Gasteiger partial charge in [0.2, 0.25) is 0 Å². The smallest absolute Gasteiger partial charge is 0.306 e. The maximum Gasteiger partial charge on any atom is 0.306 e. The summed E-state index contributed by atoms with van der Waals surface area (Å²) in [6.07, 6.45) is 42.3. The van der Waals surface area contributed by atoms with E-state index in [1.165, 1.54) is 161 Å². The van der Waals surface area contributed by atoms with E-state index in [2.05, 4.69) is 34.6 Å². The third kappa shape index (κ3) is 42.0. The lowest BCUT2D eigenvalue weighted by molar-refractivity contribution is -0.167. The van der Waals surface area contributed by atoms with Crippen molar-refractivity contribution in [2.75, 3.05) is 13.2 Å². The SMILES string of the molecule is CCCCCCCCCCCC(=O)O[C@@H](COC(=O)CCCCCCCCCCCCCCCCC(C)CC)COC(=O)CCCCCCCCCCC(C)C. The van der Waals surface area contributed by atoms with Crippen LogP contribution in [0.2, 0.25) is 0 Å². The van der Waals surface area contributed by atoms with Gasteiger partial charge in [0.15, 0.2) is 6.10 Å². The summed E-state index contributed by atoms with van der Waals surface area (Å²) in [6.45, 7) is 11.4. The van der Waals surface area contributed by atoms with Crippen molar-refractivity contribution in [3.05, 3.63) is 0 Å². The fourth-order valence-electron chi connectivity index (χ4n) is 7.43. The van der Waals surface area contributed by atoms with Crippen molar-refractivity contribution in [1.82, 2.24) is 0 Å². The van der Waals surface area contributed by atoms with Crippen molar-refractivity contribution >= 4 is 17.9 Å². The van der Waals surface area contributed by atoms with Gasteiger partial charge < -0.3 is 14.2 Å². The van der Waals surface area contributed by atoms with Crippen molar-refractivity contribution < 1.29 is 28.6 Å². The van der Waals surface area contributed by atoms with E-state index >= 15 is 0 Å². The van der Waals surface area contributed by atoms with Gasteiger partial charge in [0, 0.05) is 19.3 Å². The molecular weight excluding hydrogens is 697 g/mol. The summed E-state index contributed by atoms with van der Waals surface area (Å²) in [6, 6.07) is 0. The number of rotatable bonds is 44. The minimum atomic E-state index is -0.760. The zero-order chi connectivity index (χ0) is 41.2. The van der Waals surface area contributed by atoms with Crippen LogP contribution in [0.4, 0.5) is 0 Å². The summed E-state index contributed by atoms with van der Waals surface area (Å²) in [5, 5.41) is 0. The average Bonchev–Trinajstić information content (AvgIpc) is 3.18. The molecule has 0 saturated carbocycles. The van der Waals surface area contributed by atoms with Crippen molar-refractivity contribution in [3.8, 4) is 0 Å². The van der Waals surface area contributed by atoms with E-state index in [4.69, 9.17) is 14.2 Å². The number of esters is 3. The molecule has 56 heavy (non-hydrogen) atoms. The topological polar surface area (TPSA) is 78.9 Å². The Morgan fingerprint density at radius 1 is 0.375 bits per heavy atom. The Kier molecular flexibility index (Phi) is 41.8. The number of ether oxygens (including phenoxy) is 3. The predicted molar refractivity (Wildman–Crippen MR) is 238 cm³/mol. The highest BCUT2D eigenvalue weighted by Gasteiger charge is 2.19. The molecule has 6 heteroatoms. The van der Waals surface area contributed by atoms with Gasteiger partial charge in [0.1, 0.15) is 13.2 Å². The molecule has 332 valence electrons. The molecular formula is C50H96O6. The summed E-state index contributed by atoms with van der Waals surface area (Å²) in [7, 11) is 0. The van der Waals surface area contributed by atoms with Crippen molar-refractivity contribution in [1.29, 1.82) is 0 Å². The predicted octanol–water partition coefficient (Wildman–Crippen LogP) is 15.8. The van der Waals surface area contributed by atoms with E-state index in [9.17, 15) is 14.4 Å². The third-order valence-corrected chi connectivity index (χ3v) is 11.6. The van der Waals surface area contributed by atoms with E-state index in [-0.39, 0.29) is 31.1 Å². The first-order valence-electron chi connectivity index (χ1n) is 24.8. The molecule has 0 radical (unpaired) electrons. The lowest BCUT2D eigenvalue weighted by Gasteiger charge is -2.18. The lowest BCUT2D eigenvalue weighted by Crippen LogP contribution is -2.30. The molecule has 6 nitrogen and oxygen atoms in total. The number of unbranched alkanes of at least 4 members (excludes halogenated alkanes) is 28. The van der Waals surface area contributed by atoms with Gasteiger partial charge in [-0.15, -0.1) is 0 Å². The first kappa shape index (κ1) is 54.4. The Hall–Kier alpha value is -1.59. The molecule has 0 aromatic carbocycles. The molecule has 0 aromatic rings. The number of carbonyl (C=O) groups excluding carboxylic acids is 3. The molecule has 0 fully saturated rings. The molecule has 0 rings (SSSR count). The number of hydrogen-bond acceptors (Lipinski definition) is 6. The quantitative estimate of drug-likeness (QED) is 0.0347. The van der Waals surface area contributed by atoms with Gasteiger partial charge in [0.05, 0.1) is 0 Å². The first-order chi connectivity index (χ1) is 27.3. The molecule has 0 spiro atoms. The molecule has 0 aliphatic heterocycles. The monoisotopic (exact) mass is 793 g/mol. The second-order valence-electron chi connectivity index (χ2n) is 17.8. The maximum atomic E-state index is 12.7. The Balaban J connectivity index is 4.23. The lowest BCUT2D eigenvalue weighted by atomic mass is 9.99.